The van der Waals surface area contributed by atoms with E-state index in [1.165, 1.54) is 50.1 Å². The minimum atomic E-state index is -0.279. The van der Waals surface area contributed by atoms with Gasteiger partial charge in [0.15, 0.2) is 0 Å². The van der Waals surface area contributed by atoms with Gasteiger partial charge in [0.1, 0.15) is 0 Å². The van der Waals surface area contributed by atoms with Gasteiger partial charge in [0.25, 0.3) is 0 Å². The van der Waals surface area contributed by atoms with E-state index < -0.39 is 0 Å². The molecule has 1 atom stereocenters. The number of hydrogen-bond donors (Lipinski definition) is 1. The van der Waals surface area contributed by atoms with E-state index in [-0.39, 0.29) is 5.41 Å². The van der Waals surface area contributed by atoms with Crippen molar-refractivity contribution in [3.05, 3.63) is 113 Å². The van der Waals surface area contributed by atoms with Gasteiger partial charge in [-0.05, 0) is 51.9 Å². The molecule has 0 aromatic heterocycles. The molecule has 27 heavy (non-hydrogen) atoms. The van der Waals surface area contributed by atoms with E-state index in [9.17, 15) is 0 Å². The Balaban J connectivity index is 1.89. The zero-order valence-corrected chi connectivity index (χ0v) is 15.2. The van der Waals surface area contributed by atoms with Crippen molar-refractivity contribution in [3.8, 4) is 22.3 Å². The van der Waals surface area contributed by atoms with Crippen LogP contribution >= 0.6 is 0 Å². The van der Waals surface area contributed by atoms with E-state index in [1.807, 2.05) is 6.07 Å². The van der Waals surface area contributed by atoms with Gasteiger partial charge in [-0.2, -0.15) is 0 Å². The summed E-state index contributed by atoms with van der Waals surface area (Å²) in [6.45, 7) is 2.18. The molecule has 0 fully saturated rings. The highest BCUT2D eigenvalue weighted by Gasteiger charge is 2.51. The van der Waals surface area contributed by atoms with Gasteiger partial charge in [-0.25, -0.2) is 0 Å². The van der Waals surface area contributed by atoms with Gasteiger partial charge in [0, 0.05) is 11.3 Å². The minimum Gasteiger partial charge on any atom is -0.398 e. The molecule has 0 saturated carbocycles. The Labute approximate surface area is 159 Å². The summed E-state index contributed by atoms with van der Waals surface area (Å²) in [6.07, 6.45) is 0. The summed E-state index contributed by atoms with van der Waals surface area (Å²) in [4.78, 5) is 0. The fourth-order valence-electron chi connectivity index (χ4n) is 5.33. The predicted molar refractivity (Wildman–Crippen MR) is 112 cm³/mol. The van der Waals surface area contributed by atoms with Crippen LogP contribution in [0.25, 0.3) is 22.3 Å². The first kappa shape index (κ1) is 14.8. The Hall–Kier alpha value is -3.32. The van der Waals surface area contributed by atoms with E-state index in [0.29, 0.717) is 0 Å². The SMILES string of the molecule is Cc1ccc2c(c1)C1(c3ccccc3-2)c2ccccc2-c2c(N)cccc21. The topological polar surface area (TPSA) is 26.0 Å². The minimum absolute atomic E-state index is 0.279. The summed E-state index contributed by atoms with van der Waals surface area (Å²) in [6, 6.07) is 30.9. The summed E-state index contributed by atoms with van der Waals surface area (Å²) in [5.41, 5.74) is 18.9. The molecule has 1 unspecified atom stereocenters. The molecule has 6 rings (SSSR count). The molecular formula is C26H19N. The maximum Gasteiger partial charge on any atom is 0.0726 e. The van der Waals surface area contributed by atoms with Crippen molar-refractivity contribution in [2.75, 3.05) is 5.73 Å². The maximum absolute atomic E-state index is 6.51. The molecule has 1 nitrogen and oxygen atoms in total. The fraction of sp³-hybridized carbons (Fsp3) is 0.0769. The van der Waals surface area contributed by atoms with E-state index in [1.54, 1.807) is 0 Å². The van der Waals surface area contributed by atoms with Crippen LogP contribution in [0.15, 0.2) is 84.9 Å². The van der Waals surface area contributed by atoms with Crippen LogP contribution in [0.4, 0.5) is 5.69 Å². The average molecular weight is 345 g/mol. The highest BCUT2D eigenvalue weighted by Crippen LogP contribution is 2.63. The van der Waals surface area contributed by atoms with Crippen LogP contribution in [0.5, 0.6) is 0 Å². The molecule has 2 aliphatic carbocycles. The van der Waals surface area contributed by atoms with Gasteiger partial charge in [0.2, 0.25) is 0 Å². The molecule has 0 radical (unpaired) electrons. The first-order valence-corrected chi connectivity index (χ1v) is 9.43. The van der Waals surface area contributed by atoms with Crippen LogP contribution in [0.3, 0.4) is 0 Å². The Morgan fingerprint density at radius 2 is 1.22 bits per heavy atom. The lowest BCUT2D eigenvalue weighted by Gasteiger charge is -2.30. The summed E-state index contributed by atoms with van der Waals surface area (Å²) in [5, 5.41) is 0. The Morgan fingerprint density at radius 3 is 2.04 bits per heavy atom. The normalized spacial score (nSPS) is 18.1. The quantitative estimate of drug-likeness (QED) is 0.340. The molecule has 0 amide bonds. The molecule has 0 bridgehead atoms. The lowest BCUT2D eigenvalue weighted by atomic mass is 9.70. The Bertz CT molecular complexity index is 1250. The first-order valence-electron chi connectivity index (χ1n) is 9.43. The Morgan fingerprint density at radius 1 is 0.593 bits per heavy atom. The summed E-state index contributed by atoms with van der Waals surface area (Å²) >= 11 is 0. The zero-order chi connectivity index (χ0) is 18.2. The predicted octanol–water partition coefficient (Wildman–Crippen LogP) is 5.92. The second kappa shape index (κ2) is 4.89. The van der Waals surface area contributed by atoms with Crippen molar-refractivity contribution < 1.29 is 0 Å². The number of fused-ring (bicyclic) bond motifs is 10. The molecule has 0 aliphatic heterocycles. The molecule has 0 heterocycles. The highest BCUT2D eigenvalue weighted by atomic mass is 14.6. The second-order valence-electron chi connectivity index (χ2n) is 7.66. The van der Waals surface area contributed by atoms with Crippen molar-refractivity contribution in [2.45, 2.75) is 12.3 Å². The highest BCUT2D eigenvalue weighted by molar-refractivity contribution is 5.98. The van der Waals surface area contributed by atoms with Gasteiger partial charge in [-0.3, -0.25) is 0 Å². The first-order chi connectivity index (χ1) is 13.2. The number of aryl methyl sites for hydroxylation is 1. The Kier molecular flexibility index (Phi) is 2.68. The van der Waals surface area contributed by atoms with Crippen LogP contribution in [0.2, 0.25) is 0 Å². The molecule has 4 aromatic rings. The number of hydrogen-bond acceptors (Lipinski definition) is 1. The van der Waals surface area contributed by atoms with Gasteiger partial charge in [-0.1, -0.05) is 84.4 Å². The van der Waals surface area contributed by atoms with Crippen molar-refractivity contribution >= 4 is 5.69 Å². The standard InChI is InChI=1S/C26H19N/c1-16-13-14-18-17-7-2-4-9-20(17)26(23(18)15-16)21-10-5-3-8-19(21)25-22(26)11-6-12-24(25)27/h2-15H,27H2,1H3. The molecule has 1 heteroatoms. The molecular weight excluding hydrogens is 326 g/mol. The molecule has 2 aliphatic rings. The number of nitrogens with two attached hydrogens (primary N) is 1. The van der Waals surface area contributed by atoms with Crippen LogP contribution in [-0.2, 0) is 5.41 Å². The third-order valence-electron chi connectivity index (χ3n) is 6.30. The van der Waals surface area contributed by atoms with Crippen LogP contribution in [-0.4, -0.2) is 0 Å². The number of anilines is 1. The smallest absolute Gasteiger partial charge is 0.0726 e. The summed E-state index contributed by atoms with van der Waals surface area (Å²) in [5.74, 6) is 0. The van der Waals surface area contributed by atoms with Gasteiger partial charge in [0.05, 0.1) is 5.41 Å². The third kappa shape index (κ3) is 1.61. The van der Waals surface area contributed by atoms with E-state index in [0.717, 1.165) is 5.69 Å². The number of rotatable bonds is 0. The van der Waals surface area contributed by atoms with E-state index >= 15 is 0 Å². The van der Waals surface area contributed by atoms with E-state index in [4.69, 9.17) is 5.73 Å². The molecule has 2 N–H and O–H groups in total. The third-order valence-corrected chi connectivity index (χ3v) is 6.30. The maximum atomic E-state index is 6.51. The van der Waals surface area contributed by atoms with Gasteiger partial charge in [-0.15, -0.1) is 0 Å². The van der Waals surface area contributed by atoms with Crippen molar-refractivity contribution in [1.82, 2.24) is 0 Å². The van der Waals surface area contributed by atoms with Gasteiger partial charge >= 0.3 is 0 Å². The van der Waals surface area contributed by atoms with Crippen LogP contribution in [0.1, 0.15) is 27.8 Å². The zero-order valence-electron chi connectivity index (χ0n) is 15.2. The van der Waals surface area contributed by atoms with E-state index in [2.05, 4.69) is 85.8 Å². The second-order valence-corrected chi connectivity index (χ2v) is 7.66. The summed E-state index contributed by atoms with van der Waals surface area (Å²) < 4.78 is 0. The van der Waals surface area contributed by atoms with Crippen molar-refractivity contribution in [2.24, 2.45) is 0 Å². The lowest BCUT2D eigenvalue weighted by Crippen LogP contribution is -2.26. The monoisotopic (exact) mass is 345 g/mol. The average Bonchev–Trinajstić information content (AvgIpc) is 3.15. The largest absolute Gasteiger partial charge is 0.398 e. The molecule has 1 spiro atoms. The lowest BCUT2D eigenvalue weighted by molar-refractivity contribution is 0.793. The van der Waals surface area contributed by atoms with Gasteiger partial charge < -0.3 is 5.73 Å². The van der Waals surface area contributed by atoms with Crippen molar-refractivity contribution in [3.63, 3.8) is 0 Å². The van der Waals surface area contributed by atoms with Crippen molar-refractivity contribution in [1.29, 1.82) is 0 Å². The number of nitrogen functional groups attached to an aromatic ring is 1. The van der Waals surface area contributed by atoms with Crippen LogP contribution in [0, 0.1) is 6.92 Å². The number of benzene rings is 4. The van der Waals surface area contributed by atoms with Crippen LogP contribution < -0.4 is 5.73 Å². The summed E-state index contributed by atoms with van der Waals surface area (Å²) in [7, 11) is 0. The molecule has 0 saturated heterocycles. The molecule has 4 aromatic carbocycles. The molecule has 128 valence electrons. The fourth-order valence-corrected chi connectivity index (χ4v) is 5.33.